The second-order valence-corrected chi connectivity index (χ2v) is 10.4. The van der Waals surface area contributed by atoms with Crippen molar-refractivity contribution in [2.45, 2.75) is 39.9 Å². The molecule has 13 heteroatoms. The van der Waals surface area contributed by atoms with Crippen LogP contribution in [0.2, 0.25) is 5.02 Å². The molecule has 9 nitrogen and oxygen atoms in total. The molecule has 1 aliphatic rings. The Kier molecular flexibility index (Phi) is 7.87. The maximum atomic E-state index is 12.9. The maximum absolute atomic E-state index is 12.9. The van der Waals surface area contributed by atoms with Crippen molar-refractivity contribution in [1.82, 2.24) is 24.6 Å². The van der Waals surface area contributed by atoms with Gasteiger partial charge in [-0.15, -0.1) is 0 Å². The number of amides is 3. The van der Waals surface area contributed by atoms with Crippen LogP contribution in [-0.4, -0.2) is 68.5 Å². The molecule has 1 aromatic carbocycles. The van der Waals surface area contributed by atoms with Crippen molar-refractivity contribution in [1.29, 1.82) is 0 Å². The van der Waals surface area contributed by atoms with Crippen LogP contribution in [0.5, 0.6) is 0 Å². The lowest BCUT2D eigenvalue weighted by atomic mass is 9.88. The van der Waals surface area contributed by atoms with Crippen LogP contribution in [0.1, 0.15) is 43.4 Å². The Morgan fingerprint density at radius 3 is 2.36 bits per heavy atom. The van der Waals surface area contributed by atoms with Gasteiger partial charge in [-0.05, 0) is 30.7 Å². The third-order valence-electron chi connectivity index (χ3n) is 6.84. The van der Waals surface area contributed by atoms with Gasteiger partial charge in [0.2, 0.25) is 11.8 Å². The van der Waals surface area contributed by atoms with Gasteiger partial charge in [0.25, 0.3) is 5.91 Å². The first-order valence-electron chi connectivity index (χ1n) is 12.4. The highest BCUT2D eigenvalue weighted by Gasteiger charge is 2.34. The number of pyridine rings is 1. The standard InChI is InChI=1S/C26H28ClF3N6O3/c1-4-25(2,3)24(39)35-10-8-34(9-11-35)22(37)15-36-14-16-12-20(17(27)13-19(16)33-36)32-23(38)18-6-5-7-21(31-18)26(28,29)30/h5-7,12-14H,4,8-11,15H2,1-3H3,(H,32,38). The van der Waals surface area contributed by atoms with E-state index < -0.39 is 28.9 Å². The van der Waals surface area contributed by atoms with Crippen LogP contribution >= 0.6 is 11.6 Å². The van der Waals surface area contributed by atoms with Crippen LogP contribution < -0.4 is 5.32 Å². The molecule has 0 aliphatic carbocycles. The molecular formula is C26H28ClF3N6O3. The Morgan fingerprint density at radius 2 is 1.72 bits per heavy atom. The topological polar surface area (TPSA) is 100 Å². The third kappa shape index (κ3) is 6.32. The predicted octanol–water partition coefficient (Wildman–Crippen LogP) is 4.46. The van der Waals surface area contributed by atoms with Crippen LogP contribution in [0, 0.1) is 5.41 Å². The van der Waals surface area contributed by atoms with Gasteiger partial charge in [0.1, 0.15) is 17.9 Å². The van der Waals surface area contributed by atoms with Gasteiger partial charge >= 0.3 is 6.18 Å². The molecule has 3 heterocycles. The minimum atomic E-state index is -4.68. The highest BCUT2D eigenvalue weighted by Crippen LogP contribution is 2.30. The zero-order chi connectivity index (χ0) is 28.5. The van der Waals surface area contributed by atoms with Crippen LogP contribution in [0.25, 0.3) is 10.9 Å². The predicted molar refractivity (Wildman–Crippen MR) is 139 cm³/mol. The van der Waals surface area contributed by atoms with Crippen molar-refractivity contribution < 1.29 is 27.6 Å². The molecule has 1 N–H and O–H groups in total. The number of rotatable bonds is 6. The van der Waals surface area contributed by atoms with Crippen molar-refractivity contribution in [3.05, 3.63) is 52.9 Å². The summed E-state index contributed by atoms with van der Waals surface area (Å²) in [6.45, 7) is 7.57. The lowest BCUT2D eigenvalue weighted by Crippen LogP contribution is -2.53. The molecule has 3 aromatic rings. The molecule has 0 unspecified atom stereocenters. The smallest absolute Gasteiger partial charge is 0.339 e. The SMILES string of the molecule is CCC(C)(C)C(=O)N1CCN(C(=O)Cn2cc3cc(NC(=O)c4cccc(C(F)(F)F)n4)c(Cl)cc3n2)CC1. The second-order valence-electron chi connectivity index (χ2n) is 9.99. The number of benzene rings is 1. The van der Waals surface area contributed by atoms with Gasteiger partial charge in [0.15, 0.2) is 0 Å². The van der Waals surface area contributed by atoms with E-state index in [1.807, 2.05) is 20.8 Å². The fraction of sp³-hybridized carbons (Fsp3) is 0.423. The first kappa shape index (κ1) is 28.3. The van der Waals surface area contributed by atoms with Gasteiger partial charge in [0, 0.05) is 43.2 Å². The van der Waals surface area contributed by atoms with Crippen molar-refractivity contribution in [3.63, 3.8) is 0 Å². The van der Waals surface area contributed by atoms with E-state index in [-0.39, 0.29) is 29.1 Å². The molecule has 0 spiro atoms. The number of nitrogens with zero attached hydrogens (tertiary/aromatic N) is 5. The molecule has 1 fully saturated rings. The zero-order valence-electron chi connectivity index (χ0n) is 21.7. The normalized spacial score (nSPS) is 14.5. The third-order valence-corrected chi connectivity index (χ3v) is 7.15. The summed E-state index contributed by atoms with van der Waals surface area (Å²) in [5.74, 6) is -0.927. The number of piperazine rings is 1. The highest BCUT2D eigenvalue weighted by molar-refractivity contribution is 6.34. The summed E-state index contributed by atoms with van der Waals surface area (Å²) in [6.07, 6.45) is -2.34. The van der Waals surface area contributed by atoms with Crippen molar-refractivity contribution >= 4 is 45.9 Å². The van der Waals surface area contributed by atoms with Crippen LogP contribution in [0.4, 0.5) is 18.9 Å². The van der Waals surface area contributed by atoms with Crippen molar-refractivity contribution in [2.75, 3.05) is 31.5 Å². The first-order valence-corrected chi connectivity index (χ1v) is 12.8. The molecule has 3 amide bonds. The van der Waals surface area contributed by atoms with Gasteiger partial charge in [-0.2, -0.15) is 18.3 Å². The van der Waals surface area contributed by atoms with E-state index in [2.05, 4.69) is 15.4 Å². The number of hydrogen-bond acceptors (Lipinski definition) is 5. The molecular weight excluding hydrogens is 537 g/mol. The number of carbonyl (C=O) groups is 3. The average Bonchev–Trinajstić information content (AvgIpc) is 3.28. The molecule has 4 rings (SSSR count). The lowest BCUT2D eigenvalue weighted by molar-refractivity contribution is -0.146. The summed E-state index contributed by atoms with van der Waals surface area (Å²) >= 11 is 6.29. The van der Waals surface area contributed by atoms with Gasteiger partial charge in [-0.1, -0.05) is 38.4 Å². The largest absolute Gasteiger partial charge is 0.433 e. The molecule has 0 radical (unpaired) electrons. The van der Waals surface area contributed by atoms with Crippen LogP contribution in [-0.2, 0) is 22.3 Å². The van der Waals surface area contributed by atoms with Gasteiger partial charge in [-0.25, -0.2) is 4.98 Å². The summed E-state index contributed by atoms with van der Waals surface area (Å²) in [6, 6.07) is 6.06. The van der Waals surface area contributed by atoms with E-state index in [0.29, 0.717) is 37.1 Å². The number of nitrogens with one attached hydrogen (secondary N) is 1. The molecule has 1 aliphatic heterocycles. The summed E-state index contributed by atoms with van der Waals surface area (Å²) in [4.78, 5) is 45.0. The van der Waals surface area contributed by atoms with Crippen molar-refractivity contribution in [2.24, 2.45) is 5.41 Å². The first-order chi connectivity index (χ1) is 18.3. The summed E-state index contributed by atoms with van der Waals surface area (Å²) in [7, 11) is 0. The van der Waals surface area contributed by atoms with E-state index in [0.717, 1.165) is 18.6 Å². The number of aromatic nitrogens is 3. The summed E-state index contributed by atoms with van der Waals surface area (Å²) < 4.78 is 40.3. The summed E-state index contributed by atoms with van der Waals surface area (Å²) in [5.41, 5.74) is -1.40. The van der Waals surface area contributed by atoms with E-state index in [1.54, 1.807) is 16.0 Å². The Morgan fingerprint density at radius 1 is 1.05 bits per heavy atom. The highest BCUT2D eigenvalue weighted by atomic mass is 35.5. The Hall–Kier alpha value is -3.67. The van der Waals surface area contributed by atoms with Gasteiger partial charge < -0.3 is 15.1 Å². The van der Waals surface area contributed by atoms with E-state index >= 15 is 0 Å². The summed E-state index contributed by atoms with van der Waals surface area (Å²) in [5, 5.41) is 7.55. The van der Waals surface area contributed by atoms with Crippen molar-refractivity contribution in [3.8, 4) is 0 Å². The monoisotopic (exact) mass is 564 g/mol. The van der Waals surface area contributed by atoms with E-state index in [9.17, 15) is 27.6 Å². The molecule has 2 aromatic heterocycles. The van der Waals surface area contributed by atoms with Gasteiger partial charge in [-0.3, -0.25) is 19.1 Å². The Bertz CT molecular complexity index is 1410. The van der Waals surface area contributed by atoms with E-state index in [4.69, 9.17) is 11.6 Å². The number of hydrogen-bond donors (Lipinski definition) is 1. The molecule has 0 atom stereocenters. The molecule has 39 heavy (non-hydrogen) atoms. The van der Waals surface area contributed by atoms with Gasteiger partial charge in [0.05, 0.1) is 16.2 Å². The van der Waals surface area contributed by atoms with Crippen LogP contribution in [0.3, 0.4) is 0 Å². The molecule has 0 saturated carbocycles. The number of carbonyl (C=O) groups excluding carboxylic acids is 3. The number of alkyl halides is 3. The molecule has 0 bridgehead atoms. The fourth-order valence-corrected chi connectivity index (χ4v) is 4.36. The maximum Gasteiger partial charge on any atom is 0.433 e. The average molecular weight is 565 g/mol. The number of halogens is 4. The minimum absolute atomic E-state index is 0.0312. The second kappa shape index (κ2) is 10.8. The lowest BCUT2D eigenvalue weighted by Gasteiger charge is -2.38. The number of fused-ring (bicyclic) bond motifs is 1. The van der Waals surface area contributed by atoms with E-state index in [1.165, 1.54) is 22.9 Å². The minimum Gasteiger partial charge on any atom is -0.339 e. The number of anilines is 1. The Balaban J connectivity index is 1.41. The zero-order valence-corrected chi connectivity index (χ0v) is 22.4. The molecule has 1 saturated heterocycles. The van der Waals surface area contributed by atoms with Crippen LogP contribution in [0.15, 0.2) is 36.5 Å². The molecule has 208 valence electrons. The Labute approximate surface area is 227 Å². The quantitative estimate of drug-likeness (QED) is 0.476. The fourth-order valence-electron chi connectivity index (χ4n) is 4.16.